The summed E-state index contributed by atoms with van der Waals surface area (Å²) in [5.41, 5.74) is 0.908. The second-order valence-electron chi connectivity index (χ2n) is 8.93. The number of amides is 1. The average Bonchev–Trinajstić information content (AvgIpc) is 2.21. The van der Waals surface area contributed by atoms with E-state index in [1.165, 1.54) is 26.2 Å². The first-order valence-electron chi connectivity index (χ1n) is 8.15. The molecule has 21 heavy (non-hydrogen) atoms. The zero-order valence-electron chi connectivity index (χ0n) is 13.4. The van der Waals surface area contributed by atoms with Gasteiger partial charge in [-0.05, 0) is 67.6 Å². The Labute approximate surface area is 126 Å². The SMILES string of the molecule is C[C@H](NC(=O)CC12CC3CC(C)(CC(C)(C3)C1)C2)C(=O)O. The highest BCUT2D eigenvalue weighted by Crippen LogP contribution is 2.70. The van der Waals surface area contributed by atoms with E-state index < -0.39 is 12.0 Å². The summed E-state index contributed by atoms with van der Waals surface area (Å²) in [6.45, 7) is 6.31. The van der Waals surface area contributed by atoms with E-state index in [1.54, 1.807) is 0 Å². The lowest BCUT2D eigenvalue weighted by Gasteiger charge is -2.65. The lowest BCUT2D eigenvalue weighted by Crippen LogP contribution is -2.56. The zero-order chi connectivity index (χ0) is 15.5. The van der Waals surface area contributed by atoms with Crippen LogP contribution in [0.5, 0.6) is 0 Å². The predicted octanol–water partition coefficient (Wildman–Crippen LogP) is 2.96. The van der Waals surface area contributed by atoms with Gasteiger partial charge in [0.05, 0.1) is 0 Å². The number of carbonyl (C=O) groups is 2. The smallest absolute Gasteiger partial charge is 0.325 e. The fourth-order valence-electron chi connectivity index (χ4n) is 6.58. The van der Waals surface area contributed by atoms with Crippen molar-refractivity contribution in [2.45, 2.75) is 71.8 Å². The third kappa shape index (κ3) is 2.69. The molecule has 4 nitrogen and oxygen atoms in total. The average molecular weight is 293 g/mol. The Bertz CT molecular complexity index is 468. The Kier molecular flexibility index (Phi) is 3.16. The van der Waals surface area contributed by atoms with E-state index in [1.807, 2.05) is 0 Å². The minimum Gasteiger partial charge on any atom is -0.480 e. The van der Waals surface area contributed by atoms with Crippen LogP contribution in [0.25, 0.3) is 0 Å². The molecular weight excluding hydrogens is 266 g/mol. The quantitative estimate of drug-likeness (QED) is 0.837. The molecule has 4 rings (SSSR count). The van der Waals surface area contributed by atoms with Crippen LogP contribution in [0, 0.1) is 22.2 Å². The molecule has 4 fully saturated rings. The first-order chi connectivity index (χ1) is 9.63. The number of carboxylic acid groups (broad SMARTS) is 1. The van der Waals surface area contributed by atoms with E-state index in [9.17, 15) is 9.59 Å². The summed E-state index contributed by atoms with van der Waals surface area (Å²) in [6, 6.07) is -0.794. The maximum atomic E-state index is 12.3. The van der Waals surface area contributed by atoms with Crippen molar-refractivity contribution < 1.29 is 14.7 Å². The minimum absolute atomic E-state index is 0.0842. The van der Waals surface area contributed by atoms with E-state index in [4.69, 9.17) is 5.11 Å². The molecule has 1 amide bonds. The number of nitrogens with one attached hydrogen (secondary N) is 1. The first kappa shape index (κ1) is 14.9. The van der Waals surface area contributed by atoms with Crippen LogP contribution < -0.4 is 5.32 Å². The van der Waals surface area contributed by atoms with E-state index in [0.29, 0.717) is 17.3 Å². The Morgan fingerprint density at radius 3 is 2.19 bits per heavy atom. The third-order valence-electron chi connectivity index (χ3n) is 6.03. The largest absolute Gasteiger partial charge is 0.480 e. The molecule has 4 saturated carbocycles. The first-order valence-corrected chi connectivity index (χ1v) is 8.15. The topological polar surface area (TPSA) is 66.4 Å². The molecule has 2 unspecified atom stereocenters. The van der Waals surface area contributed by atoms with Crippen LogP contribution in [-0.4, -0.2) is 23.0 Å². The van der Waals surface area contributed by atoms with Crippen molar-refractivity contribution in [3.8, 4) is 0 Å². The molecule has 0 aromatic carbocycles. The van der Waals surface area contributed by atoms with Crippen molar-refractivity contribution in [2.75, 3.05) is 0 Å². The predicted molar refractivity (Wildman–Crippen MR) is 79.7 cm³/mol. The molecule has 4 aliphatic rings. The summed E-state index contributed by atoms with van der Waals surface area (Å²) in [6.07, 6.45) is 7.88. The number of aliphatic carboxylic acids is 1. The Morgan fingerprint density at radius 2 is 1.71 bits per heavy atom. The Morgan fingerprint density at radius 1 is 1.14 bits per heavy atom. The molecular formula is C17H27NO3. The number of hydrogen-bond donors (Lipinski definition) is 2. The van der Waals surface area contributed by atoms with Crippen molar-refractivity contribution >= 4 is 11.9 Å². The van der Waals surface area contributed by atoms with E-state index in [-0.39, 0.29) is 11.3 Å². The van der Waals surface area contributed by atoms with Crippen LogP contribution in [0.1, 0.15) is 65.7 Å². The van der Waals surface area contributed by atoms with Crippen molar-refractivity contribution in [3.63, 3.8) is 0 Å². The summed E-state index contributed by atoms with van der Waals surface area (Å²) in [5, 5.41) is 11.6. The van der Waals surface area contributed by atoms with Crippen LogP contribution in [0.2, 0.25) is 0 Å². The van der Waals surface area contributed by atoms with Gasteiger partial charge in [0, 0.05) is 6.42 Å². The van der Waals surface area contributed by atoms with Gasteiger partial charge in [-0.15, -0.1) is 0 Å². The van der Waals surface area contributed by atoms with Crippen LogP contribution >= 0.6 is 0 Å². The van der Waals surface area contributed by atoms with Gasteiger partial charge in [0.15, 0.2) is 0 Å². The second kappa shape index (κ2) is 4.47. The lowest BCUT2D eigenvalue weighted by molar-refractivity contribution is -0.157. The van der Waals surface area contributed by atoms with Crippen LogP contribution in [0.3, 0.4) is 0 Å². The summed E-state index contributed by atoms with van der Waals surface area (Å²) >= 11 is 0. The number of rotatable bonds is 4. The van der Waals surface area contributed by atoms with Gasteiger partial charge >= 0.3 is 5.97 Å². The van der Waals surface area contributed by atoms with Gasteiger partial charge < -0.3 is 10.4 Å². The van der Waals surface area contributed by atoms with Crippen molar-refractivity contribution in [1.82, 2.24) is 5.32 Å². The van der Waals surface area contributed by atoms with Crippen LogP contribution in [0.15, 0.2) is 0 Å². The lowest BCUT2D eigenvalue weighted by atomic mass is 9.40. The molecule has 118 valence electrons. The standard InChI is InChI=1S/C17H27NO3/c1-11(14(20)21)18-13(19)7-17-6-12-4-15(2,9-17)8-16(3,5-12)10-17/h11-12H,4-10H2,1-3H3,(H,18,19)(H,20,21)/t11-,12?,15?,16?,17?/m0/s1. The van der Waals surface area contributed by atoms with E-state index >= 15 is 0 Å². The highest BCUT2D eigenvalue weighted by Gasteiger charge is 2.60. The number of carboxylic acids is 1. The van der Waals surface area contributed by atoms with Gasteiger partial charge in [-0.3, -0.25) is 9.59 Å². The fraction of sp³-hybridized carbons (Fsp3) is 0.882. The Hall–Kier alpha value is -1.06. The normalized spacial score (nSPS) is 45.4. The minimum atomic E-state index is -0.965. The molecule has 4 bridgehead atoms. The summed E-state index contributed by atoms with van der Waals surface area (Å²) in [7, 11) is 0. The highest BCUT2D eigenvalue weighted by atomic mass is 16.4. The van der Waals surface area contributed by atoms with Crippen LogP contribution in [-0.2, 0) is 9.59 Å². The molecule has 0 aromatic heterocycles. The van der Waals surface area contributed by atoms with Crippen LogP contribution in [0.4, 0.5) is 0 Å². The third-order valence-corrected chi connectivity index (χ3v) is 6.03. The molecule has 0 radical (unpaired) electrons. The summed E-state index contributed by atoms with van der Waals surface area (Å²) in [4.78, 5) is 23.2. The second-order valence-corrected chi connectivity index (χ2v) is 8.93. The van der Waals surface area contributed by atoms with Gasteiger partial charge in [0.2, 0.25) is 5.91 Å². The summed E-state index contributed by atoms with van der Waals surface area (Å²) < 4.78 is 0. The molecule has 0 heterocycles. The highest BCUT2D eigenvalue weighted by molar-refractivity contribution is 5.83. The molecule has 4 aliphatic carbocycles. The molecule has 0 spiro atoms. The molecule has 2 N–H and O–H groups in total. The van der Waals surface area contributed by atoms with Crippen molar-refractivity contribution in [2.24, 2.45) is 22.2 Å². The van der Waals surface area contributed by atoms with Crippen molar-refractivity contribution in [1.29, 1.82) is 0 Å². The van der Waals surface area contributed by atoms with Gasteiger partial charge in [-0.2, -0.15) is 0 Å². The maximum Gasteiger partial charge on any atom is 0.325 e. The molecule has 3 atom stereocenters. The van der Waals surface area contributed by atoms with E-state index in [2.05, 4.69) is 19.2 Å². The van der Waals surface area contributed by atoms with Gasteiger partial charge in [-0.1, -0.05) is 13.8 Å². The fourth-order valence-corrected chi connectivity index (χ4v) is 6.58. The number of hydrogen-bond acceptors (Lipinski definition) is 2. The van der Waals surface area contributed by atoms with Gasteiger partial charge in [0.1, 0.15) is 6.04 Å². The Balaban J connectivity index is 1.73. The molecule has 0 saturated heterocycles. The molecule has 0 aromatic rings. The summed E-state index contributed by atoms with van der Waals surface area (Å²) in [5.74, 6) is -0.284. The molecule has 0 aliphatic heterocycles. The van der Waals surface area contributed by atoms with E-state index in [0.717, 1.165) is 25.2 Å². The number of carbonyl (C=O) groups excluding carboxylic acids is 1. The van der Waals surface area contributed by atoms with Crippen molar-refractivity contribution in [3.05, 3.63) is 0 Å². The van der Waals surface area contributed by atoms with Gasteiger partial charge in [0.25, 0.3) is 0 Å². The van der Waals surface area contributed by atoms with Gasteiger partial charge in [-0.25, -0.2) is 0 Å². The monoisotopic (exact) mass is 293 g/mol. The molecule has 4 heteroatoms. The zero-order valence-corrected chi connectivity index (χ0v) is 13.4. The maximum absolute atomic E-state index is 12.3.